The van der Waals surface area contributed by atoms with Crippen LogP contribution in [0.15, 0.2) is 0 Å². The fourth-order valence-corrected chi connectivity index (χ4v) is 7.85. The summed E-state index contributed by atoms with van der Waals surface area (Å²) in [5.41, 5.74) is -3.37. The maximum absolute atomic E-state index is 12.3. The molecule has 0 unspecified atom stereocenters. The summed E-state index contributed by atoms with van der Waals surface area (Å²) in [5, 5.41) is 43.6. The number of Topliss-reactive ketones (excluding diaryl/α,β-unsaturated/α-hetero) is 1. The maximum atomic E-state index is 12.3. The summed E-state index contributed by atoms with van der Waals surface area (Å²) in [6.07, 6.45) is 3.63. The summed E-state index contributed by atoms with van der Waals surface area (Å²) in [6.45, 7) is 5.65. The quantitative estimate of drug-likeness (QED) is 0.567. The molecule has 5 heteroatoms. The van der Waals surface area contributed by atoms with Crippen molar-refractivity contribution in [2.45, 2.75) is 95.5 Å². The van der Waals surface area contributed by atoms with Crippen molar-refractivity contribution < 1.29 is 25.2 Å². The summed E-state index contributed by atoms with van der Waals surface area (Å²) in [6, 6.07) is 0. The van der Waals surface area contributed by atoms with Gasteiger partial charge in [0.2, 0.25) is 0 Å². The Morgan fingerprint density at radius 3 is 2.15 bits per heavy atom. The van der Waals surface area contributed by atoms with Crippen LogP contribution in [0.3, 0.4) is 0 Å². The van der Waals surface area contributed by atoms with Crippen LogP contribution in [0.25, 0.3) is 0 Å². The molecule has 4 aliphatic carbocycles. The van der Waals surface area contributed by atoms with E-state index in [1.807, 2.05) is 0 Å². The Hall–Kier alpha value is -0.490. The zero-order valence-electron chi connectivity index (χ0n) is 16.2. The van der Waals surface area contributed by atoms with Crippen LogP contribution in [0.1, 0.15) is 72.1 Å². The fraction of sp³-hybridized carbons (Fsp3) is 0.952. The van der Waals surface area contributed by atoms with Crippen LogP contribution >= 0.6 is 0 Å². The summed E-state index contributed by atoms with van der Waals surface area (Å²) in [5.74, 6) is 0.521. The molecule has 0 heterocycles. The first-order valence-electron chi connectivity index (χ1n) is 10.3. The Morgan fingerprint density at radius 1 is 0.923 bits per heavy atom. The lowest BCUT2D eigenvalue weighted by atomic mass is 9.42. The number of aliphatic hydroxyl groups is 4. The van der Waals surface area contributed by atoms with Crippen LogP contribution in [-0.4, -0.2) is 49.6 Å². The normalized spacial score (nSPS) is 59.3. The highest BCUT2D eigenvalue weighted by Crippen LogP contribution is 2.69. The van der Waals surface area contributed by atoms with Crippen molar-refractivity contribution in [2.75, 3.05) is 0 Å². The molecule has 4 N–H and O–H groups in total. The number of carbonyl (C=O) groups excluding carboxylic acids is 1. The van der Waals surface area contributed by atoms with Gasteiger partial charge < -0.3 is 20.4 Å². The second-order valence-corrected chi connectivity index (χ2v) is 10.3. The van der Waals surface area contributed by atoms with E-state index in [4.69, 9.17) is 0 Å². The Labute approximate surface area is 155 Å². The van der Waals surface area contributed by atoms with E-state index < -0.39 is 34.2 Å². The van der Waals surface area contributed by atoms with E-state index in [2.05, 4.69) is 13.8 Å². The zero-order chi connectivity index (χ0) is 19.1. The van der Waals surface area contributed by atoms with Gasteiger partial charge in [-0.05, 0) is 69.6 Å². The fourth-order valence-electron chi connectivity index (χ4n) is 7.85. The number of carbonyl (C=O) groups is 1. The van der Waals surface area contributed by atoms with E-state index in [1.54, 1.807) is 0 Å². The van der Waals surface area contributed by atoms with Gasteiger partial charge in [-0.2, -0.15) is 0 Å². The molecule has 0 bridgehead atoms. The summed E-state index contributed by atoms with van der Waals surface area (Å²) >= 11 is 0. The van der Waals surface area contributed by atoms with E-state index in [1.165, 1.54) is 6.92 Å². The van der Waals surface area contributed by atoms with Gasteiger partial charge in [0.25, 0.3) is 0 Å². The van der Waals surface area contributed by atoms with Gasteiger partial charge in [-0.1, -0.05) is 13.8 Å². The number of hydrogen-bond acceptors (Lipinski definition) is 5. The molecule has 4 fully saturated rings. The number of fused-ring (bicyclic) bond motifs is 5. The predicted molar refractivity (Wildman–Crippen MR) is 96.2 cm³/mol. The standard InChI is InChI=1S/C21H34O5/c1-12(22)20(25)9-6-16-14-10-17(24)21(26)11-13(23)4-7-19(21,3)15(14)5-8-18(16,20)2/h13-17,23-26H,4-11H2,1-3H3/t13-,14-,15+,16-,17+,18-,19-,20+,21+/m1/s1. The molecule has 4 rings (SSSR count). The van der Waals surface area contributed by atoms with Gasteiger partial charge >= 0.3 is 0 Å². The summed E-state index contributed by atoms with van der Waals surface area (Å²) in [7, 11) is 0. The van der Waals surface area contributed by atoms with Crippen LogP contribution in [0.2, 0.25) is 0 Å². The SMILES string of the molecule is CC(=O)[C@@]1(O)CC[C@@H]2[C@@H]3C[C@H](O)[C@@]4(O)C[C@H](O)CC[C@]4(C)[C@H]3CC[C@]21C. The Bertz CT molecular complexity index is 622. The van der Waals surface area contributed by atoms with Gasteiger partial charge in [0.15, 0.2) is 5.78 Å². The maximum Gasteiger partial charge on any atom is 0.161 e. The van der Waals surface area contributed by atoms with Crippen molar-refractivity contribution in [3.63, 3.8) is 0 Å². The highest BCUT2D eigenvalue weighted by Gasteiger charge is 2.70. The average molecular weight is 366 g/mol. The van der Waals surface area contributed by atoms with Crippen LogP contribution in [0.4, 0.5) is 0 Å². The van der Waals surface area contributed by atoms with Crippen molar-refractivity contribution >= 4 is 5.78 Å². The zero-order valence-corrected chi connectivity index (χ0v) is 16.2. The smallest absolute Gasteiger partial charge is 0.161 e. The largest absolute Gasteiger partial charge is 0.393 e. The van der Waals surface area contributed by atoms with Crippen molar-refractivity contribution in [3.05, 3.63) is 0 Å². The molecule has 0 spiro atoms. The molecule has 0 aliphatic heterocycles. The number of ketones is 1. The lowest BCUT2D eigenvalue weighted by Gasteiger charge is -2.65. The molecular weight excluding hydrogens is 332 g/mol. The topological polar surface area (TPSA) is 98.0 Å². The number of aliphatic hydroxyl groups excluding tert-OH is 2. The predicted octanol–water partition coefficient (Wildman–Crippen LogP) is 1.80. The number of rotatable bonds is 1. The van der Waals surface area contributed by atoms with E-state index in [-0.39, 0.29) is 30.0 Å². The average Bonchev–Trinajstić information content (AvgIpc) is 2.84. The third-order valence-corrected chi connectivity index (χ3v) is 9.57. The molecule has 0 aromatic heterocycles. The van der Waals surface area contributed by atoms with Crippen LogP contribution in [-0.2, 0) is 4.79 Å². The first-order valence-corrected chi connectivity index (χ1v) is 10.3. The molecule has 0 aromatic rings. The second-order valence-electron chi connectivity index (χ2n) is 10.3. The minimum absolute atomic E-state index is 0.138. The van der Waals surface area contributed by atoms with Gasteiger partial charge in [0.05, 0.1) is 17.8 Å². The van der Waals surface area contributed by atoms with Gasteiger partial charge in [0, 0.05) is 17.3 Å². The van der Waals surface area contributed by atoms with E-state index in [0.29, 0.717) is 25.7 Å². The highest BCUT2D eigenvalue weighted by molar-refractivity contribution is 5.86. The summed E-state index contributed by atoms with van der Waals surface area (Å²) in [4.78, 5) is 12.3. The molecule has 26 heavy (non-hydrogen) atoms. The molecule has 0 aromatic carbocycles. The van der Waals surface area contributed by atoms with Crippen molar-refractivity contribution in [1.82, 2.24) is 0 Å². The van der Waals surface area contributed by atoms with Crippen molar-refractivity contribution in [1.29, 1.82) is 0 Å². The molecular formula is C21H34O5. The lowest BCUT2D eigenvalue weighted by Crippen LogP contribution is -2.69. The van der Waals surface area contributed by atoms with Crippen molar-refractivity contribution in [3.8, 4) is 0 Å². The Morgan fingerprint density at radius 2 is 1.50 bits per heavy atom. The van der Waals surface area contributed by atoms with Crippen LogP contribution in [0, 0.1) is 28.6 Å². The van der Waals surface area contributed by atoms with Gasteiger partial charge in [-0.15, -0.1) is 0 Å². The van der Waals surface area contributed by atoms with Gasteiger partial charge in [-0.25, -0.2) is 0 Å². The lowest BCUT2D eigenvalue weighted by molar-refractivity contribution is -0.267. The molecule has 0 amide bonds. The molecule has 0 radical (unpaired) electrons. The molecule has 0 saturated heterocycles. The highest BCUT2D eigenvalue weighted by atomic mass is 16.3. The molecule has 5 nitrogen and oxygen atoms in total. The Balaban J connectivity index is 1.72. The third-order valence-electron chi connectivity index (χ3n) is 9.57. The molecule has 4 aliphatic rings. The minimum atomic E-state index is -1.26. The van der Waals surface area contributed by atoms with E-state index >= 15 is 0 Å². The van der Waals surface area contributed by atoms with Gasteiger partial charge in [-0.3, -0.25) is 4.79 Å². The summed E-state index contributed by atoms with van der Waals surface area (Å²) < 4.78 is 0. The minimum Gasteiger partial charge on any atom is -0.393 e. The molecule has 148 valence electrons. The van der Waals surface area contributed by atoms with E-state index in [0.717, 1.165) is 19.3 Å². The van der Waals surface area contributed by atoms with Crippen molar-refractivity contribution in [2.24, 2.45) is 28.6 Å². The third kappa shape index (κ3) is 2.04. The first kappa shape index (κ1) is 18.9. The molecule has 9 atom stereocenters. The molecule has 4 saturated carbocycles. The van der Waals surface area contributed by atoms with Crippen LogP contribution in [0.5, 0.6) is 0 Å². The van der Waals surface area contributed by atoms with Gasteiger partial charge in [0.1, 0.15) is 5.60 Å². The first-order chi connectivity index (χ1) is 12.0. The monoisotopic (exact) mass is 366 g/mol. The van der Waals surface area contributed by atoms with E-state index in [9.17, 15) is 25.2 Å². The Kier molecular flexibility index (Phi) is 4.01. The number of hydrogen-bond donors (Lipinski definition) is 4. The second kappa shape index (κ2) is 5.53. The van der Waals surface area contributed by atoms with Crippen LogP contribution < -0.4 is 0 Å².